The van der Waals surface area contributed by atoms with E-state index in [0.29, 0.717) is 22.0 Å². The van der Waals surface area contributed by atoms with E-state index >= 15 is 0 Å². The van der Waals surface area contributed by atoms with Crippen LogP contribution in [0.25, 0.3) is 0 Å². The minimum absolute atomic E-state index is 0.327. The van der Waals surface area contributed by atoms with Gasteiger partial charge >= 0.3 is 0 Å². The van der Waals surface area contributed by atoms with Crippen LogP contribution in [0.5, 0.6) is 0 Å². The zero-order valence-electron chi connectivity index (χ0n) is 9.29. The largest absolute Gasteiger partial charge is 0.398 e. The molecule has 0 saturated carbocycles. The standard InChI is InChI=1S/C13H10ClF2NS/c14-11-6-10(2-4-13(11)17)18-7-8-5-9(15)1-3-12(8)16/h1-6H,7,17H2. The smallest absolute Gasteiger partial charge is 0.127 e. The van der Waals surface area contributed by atoms with Gasteiger partial charge in [-0.3, -0.25) is 0 Å². The molecule has 2 N–H and O–H groups in total. The van der Waals surface area contributed by atoms with E-state index in [1.54, 1.807) is 18.2 Å². The van der Waals surface area contributed by atoms with Crippen LogP contribution in [0, 0.1) is 11.6 Å². The third-order valence-electron chi connectivity index (χ3n) is 2.37. The van der Waals surface area contributed by atoms with Gasteiger partial charge in [-0.25, -0.2) is 8.78 Å². The second-order valence-corrected chi connectivity index (χ2v) is 5.16. The molecule has 0 atom stereocenters. The lowest BCUT2D eigenvalue weighted by molar-refractivity contribution is 0.591. The molecule has 0 heterocycles. The first-order valence-electron chi connectivity index (χ1n) is 5.18. The quantitative estimate of drug-likeness (QED) is 0.664. The van der Waals surface area contributed by atoms with Gasteiger partial charge in [-0.1, -0.05) is 11.6 Å². The molecule has 18 heavy (non-hydrogen) atoms. The normalized spacial score (nSPS) is 10.6. The lowest BCUT2D eigenvalue weighted by Crippen LogP contribution is -1.90. The first kappa shape index (κ1) is 13.2. The molecule has 0 unspecified atom stereocenters. The predicted molar refractivity (Wildman–Crippen MR) is 71.8 cm³/mol. The summed E-state index contributed by atoms with van der Waals surface area (Å²) in [6.45, 7) is 0. The minimum atomic E-state index is -0.442. The van der Waals surface area contributed by atoms with Crippen LogP contribution in [0.15, 0.2) is 41.3 Å². The van der Waals surface area contributed by atoms with Crippen molar-refractivity contribution < 1.29 is 8.78 Å². The highest BCUT2D eigenvalue weighted by Crippen LogP contribution is 2.29. The van der Waals surface area contributed by atoms with Gasteiger partial charge in [-0.05, 0) is 36.4 Å². The van der Waals surface area contributed by atoms with E-state index in [0.717, 1.165) is 17.0 Å². The van der Waals surface area contributed by atoms with E-state index in [-0.39, 0.29) is 0 Å². The summed E-state index contributed by atoms with van der Waals surface area (Å²) in [7, 11) is 0. The molecular formula is C13H10ClF2NS. The summed E-state index contributed by atoms with van der Waals surface area (Å²) < 4.78 is 26.4. The Labute approximate surface area is 113 Å². The maximum Gasteiger partial charge on any atom is 0.127 e. The van der Waals surface area contributed by atoms with E-state index in [2.05, 4.69) is 0 Å². The number of thioether (sulfide) groups is 1. The molecule has 0 fully saturated rings. The third-order valence-corrected chi connectivity index (χ3v) is 3.74. The molecule has 0 aromatic heterocycles. The number of benzene rings is 2. The van der Waals surface area contributed by atoms with Crippen LogP contribution in [0.1, 0.15) is 5.56 Å². The molecule has 0 radical (unpaired) electrons. The minimum Gasteiger partial charge on any atom is -0.398 e. The van der Waals surface area contributed by atoms with E-state index in [1.165, 1.54) is 17.8 Å². The van der Waals surface area contributed by atoms with Gasteiger partial charge < -0.3 is 5.73 Å². The van der Waals surface area contributed by atoms with E-state index in [1.807, 2.05) is 0 Å². The Balaban J connectivity index is 2.11. The van der Waals surface area contributed by atoms with Crippen LogP contribution in [-0.2, 0) is 5.75 Å². The highest BCUT2D eigenvalue weighted by Gasteiger charge is 2.05. The second-order valence-electron chi connectivity index (χ2n) is 3.71. The number of rotatable bonds is 3. The van der Waals surface area contributed by atoms with Gasteiger partial charge in [0.25, 0.3) is 0 Å². The Morgan fingerprint density at radius 3 is 2.61 bits per heavy atom. The molecular weight excluding hydrogens is 276 g/mol. The number of hydrogen-bond donors (Lipinski definition) is 1. The monoisotopic (exact) mass is 285 g/mol. The Hall–Kier alpha value is -1.26. The lowest BCUT2D eigenvalue weighted by atomic mass is 10.2. The van der Waals surface area contributed by atoms with Gasteiger partial charge in [0.2, 0.25) is 0 Å². The Morgan fingerprint density at radius 1 is 1.11 bits per heavy atom. The summed E-state index contributed by atoms with van der Waals surface area (Å²) in [6, 6.07) is 8.61. The summed E-state index contributed by atoms with van der Waals surface area (Å²) in [5, 5.41) is 0.458. The molecule has 94 valence electrons. The predicted octanol–water partition coefficient (Wildman–Crippen LogP) is 4.49. The fourth-order valence-electron chi connectivity index (χ4n) is 1.41. The maximum atomic E-state index is 13.4. The SMILES string of the molecule is Nc1ccc(SCc2cc(F)ccc2F)cc1Cl. The molecule has 0 bridgehead atoms. The molecule has 2 aromatic rings. The average Bonchev–Trinajstić information content (AvgIpc) is 2.34. The van der Waals surface area contributed by atoms with Gasteiger partial charge in [0.15, 0.2) is 0 Å². The summed E-state index contributed by atoms with van der Waals surface area (Å²) in [4.78, 5) is 0.859. The Morgan fingerprint density at radius 2 is 1.89 bits per heavy atom. The van der Waals surface area contributed by atoms with Crippen molar-refractivity contribution in [2.24, 2.45) is 0 Å². The lowest BCUT2D eigenvalue weighted by Gasteiger charge is -2.05. The highest BCUT2D eigenvalue weighted by molar-refractivity contribution is 7.98. The molecule has 2 rings (SSSR count). The number of anilines is 1. The van der Waals surface area contributed by atoms with Crippen molar-refractivity contribution >= 4 is 29.1 Å². The fraction of sp³-hybridized carbons (Fsp3) is 0.0769. The fourth-order valence-corrected chi connectivity index (χ4v) is 2.57. The van der Waals surface area contributed by atoms with Crippen molar-refractivity contribution in [3.63, 3.8) is 0 Å². The molecule has 5 heteroatoms. The molecule has 0 aliphatic carbocycles. The number of nitrogen functional groups attached to an aromatic ring is 1. The van der Waals surface area contributed by atoms with Crippen LogP contribution in [0.3, 0.4) is 0 Å². The van der Waals surface area contributed by atoms with Gasteiger partial charge in [-0.2, -0.15) is 0 Å². The Bertz CT molecular complexity index is 575. The van der Waals surface area contributed by atoms with Crippen molar-refractivity contribution in [3.8, 4) is 0 Å². The van der Waals surface area contributed by atoms with Crippen molar-refractivity contribution in [2.75, 3.05) is 5.73 Å². The van der Waals surface area contributed by atoms with Gasteiger partial charge in [0, 0.05) is 16.2 Å². The van der Waals surface area contributed by atoms with Crippen LogP contribution in [0.4, 0.5) is 14.5 Å². The van der Waals surface area contributed by atoms with Crippen molar-refractivity contribution in [1.29, 1.82) is 0 Å². The summed E-state index contributed by atoms with van der Waals surface area (Å²) in [5.74, 6) is -0.517. The first-order valence-corrected chi connectivity index (χ1v) is 6.54. The van der Waals surface area contributed by atoms with Crippen LogP contribution in [-0.4, -0.2) is 0 Å². The molecule has 0 saturated heterocycles. The molecule has 0 aliphatic heterocycles. The maximum absolute atomic E-state index is 13.4. The van der Waals surface area contributed by atoms with Gasteiger partial charge in [-0.15, -0.1) is 11.8 Å². The molecule has 0 spiro atoms. The van der Waals surface area contributed by atoms with E-state index in [9.17, 15) is 8.78 Å². The summed E-state index contributed by atoms with van der Waals surface area (Å²) >= 11 is 7.25. The molecule has 1 nitrogen and oxygen atoms in total. The summed E-state index contributed by atoms with van der Waals surface area (Å²) in [5.41, 5.74) is 6.41. The van der Waals surface area contributed by atoms with Crippen LogP contribution >= 0.6 is 23.4 Å². The second kappa shape index (κ2) is 5.59. The Kier molecular flexibility index (Phi) is 4.09. The number of nitrogens with two attached hydrogens (primary N) is 1. The van der Waals surface area contributed by atoms with Crippen LogP contribution in [0.2, 0.25) is 5.02 Å². The molecule has 0 aliphatic rings. The zero-order valence-corrected chi connectivity index (χ0v) is 10.9. The molecule has 2 aromatic carbocycles. The average molecular weight is 286 g/mol. The van der Waals surface area contributed by atoms with E-state index in [4.69, 9.17) is 17.3 Å². The van der Waals surface area contributed by atoms with Gasteiger partial charge in [0.05, 0.1) is 10.7 Å². The number of halogens is 3. The van der Waals surface area contributed by atoms with Crippen molar-refractivity contribution in [3.05, 3.63) is 58.6 Å². The first-order chi connectivity index (χ1) is 8.56. The molecule has 0 amide bonds. The third kappa shape index (κ3) is 3.15. The van der Waals surface area contributed by atoms with E-state index < -0.39 is 11.6 Å². The van der Waals surface area contributed by atoms with Crippen molar-refractivity contribution in [1.82, 2.24) is 0 Å². The topological polar surface area (TPSA) is 26.0 Å². The summed E-state index contributed by atoms with van der Waals surface area (Å²) in [6.07, 6.45) is 0. The van der Waals surface area contributed by atoms with Gasteiger partial charge in [0.1, 0.15) is 11.6 Å². The highest BCUT2D eigenvalue weighted by atomic mass is 35.5. The van der Waals surface area contributed by atoms with Crippen molar-refractivity contribution in [2.45, 2.75) is 10.6 Å². The van der Waals surface area contributed by atoms with Crippen LogP contribution < -0.4 is 5.73 Å². The number of hydrogen-bond acceptors (Lipinski definition) is 2. The zero-order chi connectivity index (χ0) is 13.1.